The summed E-state index contributed by atoms with van der Waals surface area (Å²) in [6.07, 6.45) is 1.21. The summed E-state index contributed by atoms with van der Waals surface area (Å²) >= 11 is 0. The molecule has 31 heavy (non-hydrogen) atoms. The van der Waals surface area contributed by atoms with Gasteiger partial charge in [0.2, 0.25) is 15.9 Å². The van der Waals surface area contributed by atoms with Gasteiger partial charge in [-0.25, -0.2) is 13.2 Å². The molecule has 2 aromatic carbocycles. The van der Waals surface area contributed by atoms with E-state index in [-0.39, 0.29) is 22.9 Å². The topological polar surface area (TPSA) is 112 Å². The Morgan fingerprint density at radius 3 is 2.65 bits per heavy atom. The van der Waals surface area contributed by atoms with Crippen molar-refractivity contribution in [2.75, 3.05) is 18.4 Å². The second kappa shape index (κ2) is 8.32. The van der Waals surface area contributed by atoms with Crippen LogP contribution in [0.25, 0.3) is 11.1 Å². The lowest BCUT2D eigenvalue weighted by molar-refractivity contribution is -0.120. The van der Waals surface area contributed by atoms with Crippen LogP contribution in [0.4, 0.5) is 5.69 Å². The number of piperidine rings is 1. The van der Waals surface area contributed by atoms with Crippen molar-refractivity contribution in [3.05, 3.63) is 58.6 Å². The van der Waals surface area contributed by atoms with Gasteiger partial charge in [-0.3, -0.25) is 9.78 Å². The van der Waals surface area contributed by atoms with Crippen LogP contribution in [0.15, 0.2) is 56.6 Å². The van der Waals surface area contributed by atoms with E-state index in [4.69, 9.17) is 4.42 Å². The Balaban J connectivity index is 1.48. The molecule has 1 aliphatic rings. The van der Waals surface area contributed by atoms with E-state index in [0.29, 0.717) is 36.5 Å². The highest BCUT2D eigenvalue weighted by atomic mass is 32.2. The Hall–Kier alpha value is -2.91. The van der Waals surface area contributed by atoms with Crippen LogP contribution in [0.3, 0.4) is 0 Å². The first-order valence-electron chi connectivity index (χ1n) is 10.3. The van der Waals surface area contributed by atoms with Gasteiger partial charge in [-0.2, -0.15) is 4.31 Å². The molecule has 0 saturated carbocycles. The lowest BCUT2D eigenvalue weighted by Crippen LogP contribution is -2.43. The molecule has 1 fully saturated rings. The van der Waals surface area contributed by atoms with E-state index in [2.05, 4.69) is 24.1 Å². The molecule has 2 heterocycles. The van der Waals surface area contributed by atoms with Crippen LogP contribution in [-0.2, 0) is 14.8 Å². The minimum Gasteiger partial charge on any atom is -0.408 e. The van der Waals surface area contributed by atoms with Gasteiger partial charge in [0.25, 0.3) is 0 Å². The van der Waals surface area contributed by atoms with Gasteiger partial charge in [-0.1, -0.05) is 26.0 Å². The number of amides is 1. The lowest BCUT2D eigenvalue weighted by Gasteiger charge is -2.31. The highest BCUT2D eigenvalue weighted by molar-refractivity contribution is 7.89. The Kier molecular flexibility index (Phi) is 5.72. The number of benzene rings is 2. The molecule has 1 unspecified atom stereocenters. The largest absolute Gasteiger partial charge is 0.417 e. The monoisotopic (exact) mass is 443 g/mol. The molecule has 2 N–H and O–H groups in total. The highest BCUT2D eigenvalue weighted by Gasteiger charge is 2.33. The molecule has 4 rings (SSSR count). The number of fused-ring (bicyclic) bond motifs is 1. The fraction of sp³-hybridized carbons (Fsp3) is 0.364. The number of rotatable bonds is 5. The lowest BCUT2D eigenvalue weighted by atomic mass is 9.98. The van der Waals surface area contributed by atoms with Crippen molar-refractivity contribution in [3.8, 4) is 0 Å². The number of nitrogens with zero attached hydrogens (tertiary/aromatic N) is 1. The zero-order chi connectivity index (χ0) is 22.2. The first-order chi connectivity index (χ1) is 14.7. The summed E-state index contributed by atoms with van der Waals surface area (Å²) in [5.74, 6) is -0.868. The van der Waals surface area contributed by atoms with Crippen LogP contribution < -0.4 is 11.1 Å². The molecule has 1 saturated heterocycles. The quantitative estimate of drug-likeness (QED) is 0.628. The van der Waals surface area contributed by atoms with Crippen LogP contribution in [0, 0.1) is 5.92 Å². The summed E-state index contributed by atoms with van der Waals surface area (Å²) in [6, 6.07) is 12.0. The van der Waals surface area contributed by atoms with Gasteiger partial charge < -0.3 is 9.73 Å². The van der Waals surface area contributed by atoms with E-state index in [9.17, 15) is 18.0 Å². The van der Waals surface area contributed by atoms with Crippen LogP contribution in [0.2, 0.25) is 0 Å². The Labute approximate surface area is 180 Å². The summed E-state index contributed by atoms with van der Waals surface area (Å²) < 4.78 is 32.6. The van der Waals surface area contributed by atoms with E-state index >= 15 is 0 Å². The van der Waals surface area contributed by atoms with Gasteiger partial charge in [-0.15, -0.1) is 0 Å². The van der Waals surface area contributed by atoms with Crippen LogP contribution in [-0.4, -0.2) is 36.7 Å². The van der Waals surface area contributed by atoms with Crippen molar-refractivity contribution in [3.63, 3.8) is 0 Å². The third-order valence-electron chi connectivity index (χ3n) is 5.63. The standard InChI is InChI=1S/C22H25N3O5S/c1-14(2)15-5-7-17(8-6-15)23-21(26)16-4-3-11-25(13-16)31(28,29)18-9-10-19-20(12-18)30-22(27)24-19/h5-10,12,14,16H,3-4,11,13H2,1-2H3,(H,23,26)(H,24,27). The maximum atomic E-state index is 13.1. The van der Waals surface area contributed by atoms with Crippen molar-refractivity contribution in [1.82, 2.24) is 9.29 Å². The number of aromatic amines is 1. The molecule has 0 radical (unpaired) electrons. The SMILES string of the molecule is CC(C)c1ccc(NC(=O)C2CCCN(S(=O)(=O)c3ccc4[nH]c(=O)oc4c3)C2)cc1. The molecular formula is C22H25N3O5S. The summed E-state index contributed by atoms with van der Waals surface area (Å²) in [5.41, 5.74) is 2.50. The summed E-state index contributed by atoms with van der Waals surface area (Å²) in [6.45, 7) is 4.65. The van der Waals surface area contributed by atoms with E-state index in [1.807, 2.05) is 24.3 Å². The fourth-order valence-electron chi connectivity index (χ4n) is 3.81. The molecule has 0 bridgehead atoms. The summed E-state index contributed by atoms with van der Waals surface area (Å²) in [5, 5.41) is 2.90. The predicted octanol–water partition coefficient (Wildman–Crippen LogP) is 3.28. The van der Waals surface area contributed by atoms with Gasteiger partial charge in [0, 0.05) is 24.8 Å². The summed E-state index contributed by atoms with van der Waals surface area (Å²) in [7, 11) is -3.82. The summed E-state index contributed by atoms with van der Waals surface area (Å²) in [4.78, 5) is 26.7. The maximum absolute atomic E-state index is 13.1. The number of sulfonamides is 1. The fourth-order valence-corrected chi connectivity index (χ4v) is 5.35. The molecule has 1 aromatic heterocycles. The Morgan fingerprint density at radius 1 is 1.19 bits per heavy atom. The van der Waals surface area contributed by atoms with Crippen LogP contribution in [0.5, 0.6) is 0 Å². The van der Waals surface area contributed by atoms with Gasteiger partial charge >= 0.3 is 5.76 Å². The van der Waals surface area contributed by atoms with E-state index < -0.39 is 21.7 Å². The average Bonchev–Trinajstić information content (AvgIpc) is 3.13. The molecule has 3 aromatic rings. The van der Waals surface area contributed by atoms with Crippen molar-refractivity contribution in [2.45, 2.75) is 37.5 Å². The first kappa shape index (κ1) is 21.3. The van der Waals surface area contributed by atoms with Crippen molar-refractivity contribution in [1.29, 1.82) is 0 Å². The number of hydrogen-bond acceptors (Lipinski definition) is 5. The molecule has 1 aliphatic heterocycles. The second-order valence-corrected chi connectivity index (χ2v) is 10.1. The number of hydrogen-bond donors (Lipinski definition) is 2. The molecule has 1 amide bonds. The zero-order valence-corrected chi connectivity index (χ0v) is 18.2. The van der Waals surface area contributed by atoms with E-state index in [0.717, 1.165) is 0 Å². The average molecular weight is 444 g/mol. The van der Waals surface area contributed by atoms with Crippen LogP contribution >= 0.6 is 0 Å². The molecule has 0 aliphatic carbocycles. The molecule has 164 valence electrons. The Bertz CT molecular complexity index is 1260. The van der Waals surface area contributed by atoms with Gasteiger partial charge in [0.15, 0.2) is 5.58 Å². The van der Waals surface area contributed by atoms with Gasteiger partial charge in [0.05, 0.1) is 16.3 Å². The number of aromatic nitrogens is 1. The number of anilines is 1. The molecule has 9 heteroatoms. The number of carbonyl (C=O) groups excluding carboxylic acids is 1. The van der Waals surface area contributed by atoms with Gasteiger partial charge in [-0.05, 0) is 48.6 Å². The smallest absolute Gasteiger partial charge is 0.408 e. The maximum Gasteiger partial charge on any atom is 0.417 e. The normalized spacial score (nSPS) is 17.8. The second-order valence-electron chi connectivity index (χ2n) is 8.14. The van der Waals surface area contributed by atoms with Crippen molar-refractivity contribution < 1.29 is 17.6 Å². The zero-order valence-electron chi connectivity index (χ0n) is 17.4. The number of H-pyrrole nitrogens is 1. The molecular weight excluding hydrogens is 418 g/mol. The third kappa shape index (κ3) is 4.42. The number of nitrogens with one attached hydrogen (secondary N) is 2. The van der Waals surface area contributed by atoms with E-state index in [1.165, 1.54) is 28.1 Å². The minimum atomic E-state index is -3.82. The third-order valence-corrected chi connectivity index (χ3v) is 7.49. The van der Waals surface area contributed by atoms with Crippen molar-refractivity contribution in [2.24, 2.45) is 5.92 Å². The highest BCUT2D eigenvalue weighted by Crippen LogP contribution is 2.26. The molecule has 1 atom stereocenters. The number of carbonyl (C=O) groups is 1. The predicted molar refractivity (Wildman–Crippen MR) is 117 cm³/mol. The van der Waals surface area contributed by atoms with Crippen molar-refractivity contribution >= 4 is 32.7 Å². The van der Waals surface area contributed by atoms with Gasteiger partial charge in [0.1, 0.15) is 0 Å². The molecule has 0 spiro atoms. The molecule has 8 nitrogen and oxygen atoms in total. The first-order valence-corrected chi connectivity index (χ1v) is 11.7. The van der Waals surface area contributed by atoms with Crippen LogP contribution in [0.1, 0.15) is 38.2 Å². The Morgan fingerprint density at radius 2 is 1.94 bits per heavy atom. The minimum absolute atomic E-state index is 0.0353. The number of oxazole rings is 1. The van der Waals surface area contributed by atoms with E-state index in [1.54, 1.807) is 0 Å².